The molecule has 18 heavy (non-hydrogen) atoms. The predicted octanol–water partition coefficient (Wildman–Crippen LogP) is -0.883. The number of aliphatic hydroxyl groups excluding tert-OH is 2. The molecule has 0 aromatic carbocycles. The van der Waals surface area contributed by atoms with Gasteiger partial charge in [-0.25, -0.2) is 0 Å². The number of nitrogens with zero attached hydrogens (tertiary/aromatic N) is 1. The average molecular weight is 262 g/mol. The first-order chi connectivity index (χ1) is 8.37. The molecule has 3 unspecified atom stereocenters. The third kappa shape index (κ3) is 1.88. The topological polar surface area (TPSA) is 82.0 Å². The maximum atomic E-state index is 13.8. The molecule has 2 aliphatic heterocycles. The molecule has 8 heteroatoms. The molecule has 2 rings (SSSR count). The Kier molecular flexibility index (Phi) is 3.09. The lowest BCUT2D eigenvalue weighted by Crippen LogP contribution is -2.50. The third-order valence-corrected chi connectivity index (χ3v) is 2.78. The lowest BCUT2D eigenvalue weighted by atomic mass is 10.1. The van der Waals surface area contributed by atoms with E-state index in [9.17, 15) is 18.7 Å². The SMILES string of the molecule is C=C1NC(=O)C=CN1C1OC(CO)C(O)C1(F)F. The van der Waals surface area contributed by atoms with Crippen molar-refractivity contribution in [3.63, 3.8) is 0 Å². The van der Waals surface area contributed by atoms with Crippen molar-refractivity contribution in [1.82, 2.24) is 10.2 Å². The molecule has 0 aliphatic carbocycles. The number of nitrogens with one attached hydrogen (secondary N) is 1. The number of ether oxygens (including phenoxy) is 1. The highest BCUT2D eigenvalue weighted by molar-refractivity contribution is 5.89. The van der Waals surface area contributed by atoms with Crippen LogP contribution in [0.2, 0.25) is 0 Å². The number of carbonyl (C=O) groups is 1. The summed E-state index contributed by atoms with van der Waals surface area (Å²) in [5, 5.41) is 20.4. The molecule has 1 amide bonds. The van der Waals surface area contributed by atoms with Crippen LogP contribution in [0.3, 0.4) is 0 Å². The number of rotatable bonds is 2. The number of amides is 1. The van der Waals surface area contributed by atoms with Crippen LogP contribution in [-0.2, 0) is 9.53 Å². The second-order valence-electron chi connectivity index (χ2n) is 3.99. The van der Waals surface area contributed by atoms with E-state index in [-0.39, 0.29) is 5.82 Å². The third-order valence-electron chi connectivity index (χ3n) is 2.78. The smallest absolute Gasteiger partial charge is 0.320 e. The van der Waals surface area contributed by atoms with E-state index in [1.807, 2.05) is 0 Å². The van der Waals surface area contributed by atoms with Crippen molar-refractivity contribution in [3.8, 4) is 0 Å². The number of aliphatic hydroxyl groups is 2. The van der Waals surface area contributed by atoms with Crippen molar-refractivity contribution < 1.29 is 28.5 Å². The Bertz CT molecular complexity index is 413. The fourth-order valence-electron chi connectivity index (χ4n) is 1.82. The van der Waals surface area contributed by atoms with E-state index in [2.05, 4.69) is 11.9 Å². The van der Waals surface area contributed by atoms with Crippen molar-refractivity contribution in [3.05, 3.63) is 24.7 Å². The average Bonchev–Trinajstić information content (AvgIpc) is 2.52. The largest absolute Gasteiger partial charge is 0.394 e. The first-order valence-electron chi connectivity index (χ1n) is 5.16. The van der Waals surface area contributed by atoms with Crippen LogP contribution in [0.1, 0.15) is 0 Å². The van der Waals surface area contributed by atoms with Crippen LogP contribution in [-0.4, -0.2) is 52.0 Å². The maximum Gasteiger partial charge on any atom is 0.320 e. The van der Waals surface area contributed by atoms with Crippen LogP contribution in [0.4, 0.5) is 8.78 Å². The molecule has 0 radical (unpaired) electrons. The molecule has 1 fully saturated rings. The highest BCUT2D eigenvalue weighted by atomic mass is 19.3. The fraction of sp³-hybridized carbons (Fsp3) is 0.500. The summed E-state index contributed by atoms with van der Waals surface area (Å²) >= 11 is 0. The molecule has 2 aliphatic rings. The van der Waals surface area contributed by atoms with Gasteiger partial charge in [0.25, 0.3) is 5.91 Å². The molecular formula is C10H12F2N2O4. The Morgan fingerprint density at radius 3 is 2.78 bits per heavy atom. The Labute approximate surface area is 101 Å². The molecule has 100 valence electrons. The molecule has 3 N–H and O–H groups in total. The van der Waals surface area contributed by atoms with Crippen molar-refractivity contribution in [1.29, 1.82) is 0 Å². The van der Waals surface area contributed by atoms with Crippen molar-refractivity contribution >= 4 is 5.91 Å². The second kappa shape index (κ2) is 4.30. The zero-order valence-electron chi connectivity index (χ0n) is 9.22. The van der Waals surface area contributed by atoms with Crippen LogP contribution in [0.25, 0.3) is 0 Å². The van der Waals surface area contributed by atoms with E-state index in [1.165, 1.54) is 0 Å². The van der Waals surface area contributed by atoms with Gasteiger partial charge in [0.2, 0.25) is 6.23 Å². The highest BCUT2D eigenvalue weighted by Crippen LogP contribution is 2.39. The Balaban J connectivity index is 2.26. The van der Waals surface area contributed by atoms with Gasteiger partial charge in [0.1, 0.15) is 11.9 Å². The minimum Gasteiger partial charge on any atom is -0.394 e. The molecule has 3 atom stereocenters. The summed E-state index contributed by atoms with van der Waals surface area (Å²) in [6, 6.07) is 0. The molecule has 6 nitrogen and oxygen atoms in total. The molecular weight excluding hydrogens is 250 g/mol. The van der Waals surface area contributed by atoms with E-state index >= 15 is 0 Å². The highest BCUT2D eigenvalue weighted by Gasteiger charge is 2.60. The number of carbonyl (C=O) groups excluding carboxylic acids is 1. The molecule has 0 aromatic rings. The molecule has 1 saturated heterocycles. The Morgan fingerprint density at radius 1 is 1.61 bits per heavy atom. The van der Waals surface area contributed by atoms with Gasteiger partial charge in [-0.3, -0.25) is 4.79 Å². The summed E-state index contributed by atoms with van der Waals surface area (Å²) in [6.07, 6.45) is -3.21. The van der Waals surface area contributed by atoms with Gasteiger partial charge < -0.3 is 25.2 Å². The van der Waals surface area contributed by atoms with Crippen molar-refractivity contribution in [2.75, 3.05) is 6.61 Å². The number of hydrogen-bond donors (Lipinski definition) is 3. The minimum atomic E-state index is -3.59. The van der Waals surface area contributed by atoms with Gasteiger partial charge in [-0.2, -0.15) is 8.78 Å². The number of hydrogen-bond acceptors (Lipinski definition) is 5. The van der Waals surface area contributed by atoms with Crippen LogP contribution < -0.4 is 5.32 Å². The summed E-state index contributed by atoms with van der Waals surface area (Å²) in [6.45, 7) is 2.68. The van der Waals surface area contributed by atoms with Crippen molar-refractivity contribution in [2.45, 2.75) is 24.4 Å². The van der Waals surface area contributed by atoms with Gasteiger partial charge in [0, 0.05) is 12.3 Å². The monoisotopic (exact) mass is 262 g/mol. The quantitative estimate of drug-likeness (QED) is 0.602. The lowest BCUT2D eigenvalue weighted by Gasteiger charge is -2.33. The van der Waals surface area contributed by atoms with Crippen molar-refractivity contribution in [2.24, 2.45) is 0 Å². The van der Waals surface area contributed by atoms with E-state index in [0.29, 0.717) is 0 Å². The molecule has 2 heterocycles. The van der Waals surface area contributed by atoms with Crippen LogP contribution in [0.5, 0.6) is 0 Å². The summed E-state index contributed by atoms with van der Waals surface area (Å²) < 4.78 is 32.5. The minimum absolute atomic E-state index is 0.0852. The second-order valence-corrected chi connectivity index (χ2v) is 3.99. The zero-order chi connectivity index (χ0) is 13.5. The molecule has 0 saturated carbocycles. The first-order valence-corrected chi connectivity index (χ1v) is 5.16. The summed E-state index contributed by atoms with van der Waals surface area (Å²) in [7, 11) is 0. The Hall–Kier alpha value is -1.51. The number of halogens is 2. The van der Waals surface area contributed by atoms with Gasteiger partial charge >= 0.3 is 5.92 Å². The molecule has 0 bridgehead atoms. The van der Waals surface area contributed by atoms with E-state index in [0.717, 1.165) is 17.2 Å². The van der Waals surface area contributed by atoms with Gasteiger partial charge in [-0.05, 0) is 0 Å². The standard InChI is InChI=1S/C10H12F2N2O4/c1-5-13-7(16)2-3-14(5)9-10(11,12)8(17)6(4-15)18-9/h2-3,6,8-9,15,17H,1,4H2,(H,13,16). The van der Waals surface area contributed by atoms with E-state index < -0.39 is 36.9 Å². The summed E-state index contributed by atoms with van der Waals surface area (Å²) in [5.41, 5.74) is 0. The normalized spacial score (nSPS) is 34.9. The van der Waals surface area contributed by atoms with Gasteiger partial charge in [0.05, 0.1) is 6.61 Å². The zero-order valence-corrected chi connectivity index (χ0v) is 9.22. The van der Waals surface area contributed by atoms with Gasteiger partial charge in [-0.15, -0.1) is 0 Å². The van der Waals surface area contributed by atoms with Crippen LogP contribution in [0.15, 0.2) is 24.7 Å². The van der Waals surface area contributed by atoms with E-state index in [4.69, 9.17) is 9.84 Å². The molecule has 0 aromatic heterocycles. The van der Waals surface area contributed by atoms with E-state index in [1.54, 1.807) is 0 Å². The summed E-state index contributed by atoms with van der Waals surface area (Å²) in [4.78, 5) is 11.9. The summed E-state index contributed by atoms with van der Waals surface area (Å²) in [5.74, 6) is -4.17. The van der Waals surface area contributed by atoms with Gasteiger partial charge in [0.15, 0.2) is 6.10 Å². The predicted molar refractivity (Wildman–Crippen MR) is 55.0 cm³/mol. The Morgan fingerprint density at radius 2 is 2.28 bits per heavy atom. The van der Waals surface area contributed by atoms with Crippen LogP contribution >= 0.6 is 0 Å². The fourth-order valence-corrected chi connectivity index (χ4v) is 1.82. The lowest BCUT2D eigenvalue weighted by molar-refractivity contribution is -0.151. The van der Waals surface area contributed by atoms with Gasteiger partial charge in [-0.1, -0.05) is 6.58 Å². The first kappa shape index (κ1) is 12.9. The number of alkyl halides is 2. The van der Waals surface area contributed by atoms with Crippen LogP contribution in [0, 0.1) is 0 Å². The maximum absolute atomic E-state index is 13.8. The molecule has 0 spiro atoms.